The lowest BCUT2D eigenvalue weighted by Gasteiger charge is -2.10. The van der Waals surface area contributed by atoms with Crippen molar-refractivity contribution in [3.05, 3.63) is 68.7 Å². The molecule has 2 aromatic carbocycles. The zero-order chi connectivity index (χ0) is 15.4. The average Bonchev–Trinajstić information content (AvgIpc) is 2.46. The van der Waals surface area contributed by atoms with Gasteiger partial charge < -0.3 is 5.32 Å². The van der Waals surface area contributed by atoms with Crippen molar-refractivity contribution in [1.82, 2.24) is 0 Å². The van der Waals surface area contributed by atoms with E-state index in [1.54, 1.807) is 6.07 Å². The third-order valence-electron chi connectivity index (χ3n) is 3.30. The van der Waals surface area contributed by atoms with Crippen LogP contribution in [0.1, 0.15) is 30.9 Å². The van der Waals surface area contributed by atoms with Crippen molar-refractivity contribution in [3.8, 4) is 0 Å². The molecule has 0 atom stereocenters. The van der Waals surface area contributed by atoms with E-state index in [9.17, 15) is 10.1 Å². The van der Waals surface area contributed by atoms with E-state index in [0.717, 1.165) is 5.69 Å². The van der Waals surface area contributed by atoms with E-state index >= 15 is 0 Å². The van der Waals surface area contributed by atoms with E-state index in [1.807, 2.05) is 12.1 Å². The number of rotatable bonds is 5. The van der Waals surface area contributed by atoms with Crippen LogP contribution in [0.15, 0.2) is 42.5 Å². The minimum atomic E-state index is -0.419. The first-order valence-corrected chi connectivity index (χ1v) is 7.12. The van der Waals surface area contributed by atoms with Gasteiger partial charge in [0.1, 0.15) is 0 Å². The van der Waals surface area contributed by atoms with E-state index in [-0.39, 0.29) is 5.69 Å². The van der Waals surface area contributed by atoms with Gasteiger partial charge >= 0.3 is 0 Å². The summed E-state index contributed by atoms with van der Waals surface area (Å²) in [6.45, 7) is 4.73. The Labute approximate surface area is 128 Å². The summed E-state index contributed by atoms with van der Waals surface area (Å²) in [5, 5.41) is 14.5. The predicted molar refractivity (Wildman–Crippen MR) is 86.0 cm³/mol. The number of hydrogen-bond donors (Lipinski definition) is 1. The molecule has 0 aliphatic rings. The molecule has 0 heterocycles. The molecule has 4 nitrogen and oxygen atoms in total. The molecule has 0 unspecified atom stereocenters. The lowest BCUT2D eigenvalue weighted by Crippen LogP contribution is -2.01. The second kappa shape index (κ2) is 6.59. The van der Waals surface area contributed by atoms with E-state index in [1.165, 1.54) is 17.7 Å². The van der Waals surface area contributed by atoms with Gasteiger partial charge in [-0.1, -0.05) is 37.6 Å². The van der Waals surface area contributed by atoms with Crippen LogP contribution in [0.3, 0.4) is 0 Å². The average molecular weight is 305 g/mol. The molecule has 2 rings (SSSR count). The fraction of sp³-hybridized carbons (Fsp3) is 0.250. The normalized spacial score (nSPS) is 10.7. The zero-order valence-electron chi connectivity index (χ0n) is 12.0. The molecule has 2 aromatic rings. The van der Waals surface area contributed by atoms with Crippen LogP contribution in [-0.2, 0) is 6.54 Å². The van der Waals surface area contributed by atoms with Gasteiger partial charge in [0.25, 0.3) is 5.69 Å². The Morgan fingerprint density at radius 1 is 1.19 bits per heavy atom. The molecule has 0 radical (unpaired) electrons. The first kappa shape index (κ1) is 15.3. The van der Waals surface area contributed by atoms with Crippen LogP contribution in [0, 0.1) is 10.1 Å². The molecule has 0 aromatic heterocycles. The van der Waals surface area contributed by atoms with Gasteiger partial charge in [-0.2, -0.15) is 0 Å². The Hall–Kier alpha value is -2.07. The minimum absolute atomic E-state index is 0.0476. The summed E-state index contributed by atoms with van der Waals surface area (Å²) in [7, 11) is 0. The van der Waals surface area contributed by atoms with Crippen molar-refractivity contribution in [1.29, 1.82) is 0 Å². The van der Waals surface area contributed by atoms with Gasteiger partial charge in [0.15, 0.2) is 0 Å². The van der Waals surface area contributed by atoms with Crippen LogP contribution in [0.4, 0.5) is 11.4 Å². The zero-order valence-corrected chi connectivity index (χ0v) is 12.7. The molecular formula is C16H17ClN2O2. The minimum Gasteiger partial charge on any atom is -0.381 e. The Morgan fingerprint density at radius 2 is 1.86 bits per heavy atom. The van der Waals surface area contributed by atoms with Crippen LogP contribution >= 0.6 is 11.6 Å². The molecule has 0 aliphatic heterocycles. The molecule has 0 spiro atoms. The fourth-order valence-corrected chi connectivity index (χ4v) is 2.18. The van der Waals surface area contributed by atoms with Crippen molar-refractivity contribution in [2.45, 2.75) is 26.3 Å². The number of nitro benzene ring substituents is 1. The van der Waals surface area contributed by atoms with Crippen LogP contribution < -0.4 is 5.32 Å². The van der Waals surface area contributed by atoms with Crippen molar-refractivity contribution in [2.24, 2.45) is 0 Å². The van der Waals surface area contributed by atoms with Crippen molar-refractivity contribution >= 4 is 23.0 Å². The maximum absolute atomic E-state index is 10.8. The van der Waals surface area contributed by atoms with Gasteiger partial charge in [0, 0.05) is 29.4 Å². The number of non-ortho nitro benzene ring substituents is 1. The summed E-state index contributed by atoms with van der Waals surface area (Å²) in [5.74, 6) is 0.491. The number of nitrogens with one attached hydrogen (secondary N) is 1. The van der Waals surface area contributed by atoms with Gasteiger partial charge in [0.2, 0.25) is 0 Å². The Morgan fingerprint density at radius 3 is 2.43 bits per heavy atom. The molecule has 0 saturated carbocycles. The van der Waals surface area contributed by atoms with E-state index in [2.05, 4.69) is 31.3 Å². The first-order valence-electron chi connectivity index (χ1n) is 6.74. The number of hydrogen-bond acceptors (Lipinski definition) is 3. The summed E-state index contributed by atoms with van der Waals surface area (Å²) in [4.78, 5) is 10.4. The van der Waals surface area contributed by atoms with Gasteiger partial charge in [-0.05, 0) is 35.2 Å². The second-order valence-electron chi connectivity index (χ2n) is 5.16. The maximum atomic E-state index is 10.8. The Kier molecular flexibility index (Phi) is 4.81. The summed E-state index contributed by atoms with van der Waals surface area (Å²) in [6, 6.07) is 12.6. The smallest absolute Gasteiger partial charge is 0.269 e. The van der Waals surface area contributed by atoms with Crippen LogP contribution in [-0.4, -0.2) is 4.92 Å². The lowest BCUT2D eigenvalue weighted by molar-refractivity contribution is -0.384. The summed E-state index contributed by atoms with van der Waals surface area (Å²) in [5.41, 5.74) is 2.99. The monoisotopic (exact) mass is 304 g/mol. The number of halogens is 1. The highest BCUT2D eigenvalue weighted by Gasteiger charge is 2.09. The molecule has 0 bridgehead atoms. The molecule has 1 N–H and O–H groups in total. The van der Waals surface area contributed by atoms with E-state index in [4.69, 9.17) is 11.6 Å². The Balaban J connectivity index is 2.09. The number of benzene rings is 2. The summed E-state index contributed by atoms with van der Waals surface area (Å²) in [6.07, 6.45) is 0. The highest BCUT2D eigenvalue weighted by molar-refractivity contribution is 6.31. The van der Waals surface area contributed by atoms with Crippen molar-refractivity contribution < 1.29 is 4.92 Å². The van der Waals surface area contributed by atoms with Gasteiger partial charge in [-0.15, -0.1) is 0 Å². The molecule has 110 valence electrons. The molecule has 0 aliphatic carbocycles. The largest absolute Gasteiger partial charge is 0.381 e. The van der Waals surface area contributed by atoms with Gasteiger partial charge in [0.05, 0.1) is 4.92 Å². The topological polar surface area (TPSA) is 55.2 Å². The molecule has 0 saturated heterocycles. The lowest BCUT2D eigenvalue weighted by atomic mass is 10.0. The third-order valence-corrected chi connectivity index (χ3v) is 3.67. The Bertz CT molecular complexity index is 639. The molecule has 21 heavy (non-hydrogen) atoms. The van der Waals surface area contributed by atoms with E-state index in [0.29, 0.717) is 23.0 Å². The van der Waals surface area contributed by atoms with Gasteiger partial charge in [-0.25, -0.2) is 0 Å². The maximum Gasteiger partial charge on any atom is 0.269 e. The summed E-state index contributed by atoms with van der Waals surface area (Å²) >= 11 is 6.07. The SMILES string of the molecule is CC(C)c1ccc(NCc2cc([N+](=O)[O-])ccc2Cl)cc1. The van der Waals surface area contributed by atoms with Crippen LogP contribution in [0.5, 0.6) is 0 Å². The first-order chi connectivity index (χ1) is 9.97. The van der Waals surface area contributed by atoms with E-state index < -0.39 is 4.92 Å². The molecule has 0 fully saturated rings. The van der Waals surface area contributed by atoms with Crippen molar-refractivity contribution in [3.63, 3.8) is 0 Å². The van der Waals surface area contributed by atoms with Crippen LogP contribution in [0.2, 0.25) is 5.02 Å². The molecular weight excluding hydrogens is 288 g/mol. The molecule has 5 heteroatoms. The quantitative estimate of drug-likeness (QED) is 0.626. The van der Waals surface area contributed by atoms with Crippen LogP contribution in [0.25, 0.3) is 0 Å². The number of anilines is 1. The second-order valence-corrected chi connectivity index (χ2v) is 5.57. The summed E-state index contributed by atoms with van der Waals surface area (Å²) < 4.78 is 0. The highest BCUT2D eigenvalue weighted by Crippen LogP contribution is 2.23. The number of nitro groups is 1. The van der Waals surface area contributed by atoms with Crippen molar-refractivity contribution in [2.75, 3.05) is 5.32 Å². The van der Waals surface area contributed by atoms with Gasteiger partial charge in [-0.3, -0.25) is 10.1 Å². The predicted octanol–water partition coefficient (Wildman–Crippen LogP) is 4.98. The highest BCUT2D eigenvalue weighted by atomic mass is 35.5. The third kappa shape index (κ3) is 3.95. The molecule has 0 amide bonds. The fourth-order valence-electron chi connectivity index (χ4n) is 1.99. The standard InChI is InChI=1S/C16H17ClN2O2/c1-11(2)12-3-5-14(6-4-12)18-10-13-9-15(19(20)21)7-8-16(13)17/h3-9,11,18H,10H2,1-2H3. The number of nitrogens with zero attached hydrogens (tertiary/aromatic N) is 1.